The molecule has 29 heavy (non-hydrogen) atoms. The SMILES string of the molecule is COc1ccc(C=Nn2c(C3CCCCC3)nc3ccc(Br)cc3c2=O)cc1Br. The molecule has 5 nitrogen and oxygen atoms in total. The highest BCUT2D eigenvalue weighted by Gasteiger charge is 2.22. The maximum absolute atomic E-state index is 13.3. The third-order valence-corrected chi connectivity index (χ3v) is 6.41. The Morgan fingerprint density at radius 1 is 1.14 bits per heavy atom. The van der Waals surface area contributed by atoms with Gasteiger partial charge in [-0.2, -0.15) is 9.78 Å². The van der Waals surface area contributed by atoms with Crippen LogP contribution in [0.4, 0.5) is 0 Å². The lowest BCUT2D eigenvalue weighted by atomic mass is 9.88. The molecule has 0 bridgehead atoms. The van der Waals surface area contributed by atoms with E-state index in [1.165, 1.54) is 11.1 Å². The monoisotopic (exact) mass is 517 g/mol. The van der Waals surface area contributed by atoms with Crippen molar-refractivity contribution in [2.75, 3.05) is 7.11 Å². The molecule has 0 spiro atoms. The first-order valence-corrected chi connectivity index (χ1v) is 11.3. The molecule has 0 N–H and O–H groups in total. The average Bonchev–Trinajstić information content (AvgIpc) is 2.74. The lowest BCUT2D eigenvalue weighted by Crippen LogP contribution is -2.25. The Morgan fingerprint density at radius 2 is 1.93 bits per heavy atom. The van der Waals surface area contributed by atoms with Crippen LogP contribution in [0.1, 0.15) is 49.4 Å². The molecule has 1 fully saturated rings. The predicted octanol–water partition coefficient (Wildman–Crippen LogP) is 5.86. The van der Waals surface area contributed by atoms with Gasteiger partial charge in [-0.1, -0.05) is 35.2 Å². The van der Waals surface area contributed by atoms with Crippen LogP contribution >= 0.6 is 31.9 Å². The third kappa shape index (κ3) is 4.31. The van der Waals surface area contributed by atoms with Crippen LogP contribution in [0.15, 0.2) is 55.2 Å². The van der Waals surface area contributed by atoms with E-state index in [1.54, 1.807) is 13.3 Å². The van der Waals surface area contributed by atoms with Crippen LogP contribution in [-0.2, 0) is 0 Å². The van der Waals surface area contributed by atoms with E-state index in [4.69, 9.17) is 9.72 Å². The smallest absolute Gasteiger partial charge is 0.282 e. The third-order valence-electron chi connectivity index (χ3n) is 5.30. The molecule has 1 saturated carbocycles. The number of halogens is 2. The summed E-state index contributed by atoms with van der Waals surface area (Å²) in [6, 6.07) is 11.3. The molecule has 0 unspecified atom stereocenters. The molecule has 1 aliphatic rings. The second-order valence-corrected chi connectivity index (χ2v) is 8.99. The zero-order chi connectivity index (χ0) is 20.4. The van der Waals surface area contributed by atoms with E-state index in [0.717, 1.165) is 57.3 Å². The van der Waals surface area contributed by atoms with Crippen molar-refractivity contribution in [3.8, 4) is 5.75 Å². The molecule has 0 radical (unpaired) electrons. The van der Waals surface area contributed by atoms with Gasteiger partial charge in [0.2, 0.25) is 0 Å². The first-order valence-electron chi connectivity index (χ1n) is 9.67. The van der Waals surface area contributed by atoms with E-state index in [0.29, 0.717) is 5.39 Å². The molecule has 1 heterocycles. The first kappa shape index (κ1) is 20.3. The van der Waals surface area contributed by atoms with Crippen molar-refractivity contribution >= 4 is 49.0 Å². The van der Waals surface area contributed by atoms with Crippen LogP contribution in [0.2, 0.25) is 0 Å². The van der Waals surface area contributed by atoms with Crippen LogP contribution in [0.5, 0.6) is 5.75 Å². The summed E-state index contributed by atoms with van der Waals surface area (Å²) < 4.78 is 8.46. The van der Waals surface area contributed by atoms with Crippen molar-refractivity contribution in [1.29, 1.82) is 0 Å². The van der Waals surface area contributed by atoms with E-state index in [9.17, 15) is 4.79 Å². The van der Waals surface area contributed by atoms with E-state index in [-0.39, 0.29) is 11.5 Å². The highest BCUT2D eigenvalue weighted by Crippen LogP contribution is 2.32. The minimum atomic E-state index is -0.138. The Bertz CT molecular complexity index is 1130. The van der Waals surface area contributed by atoms with Crippen molar-refractivity contribution in [2.45, 2.75) is 38.0 Å². The number of ether oxygens (including phenoxy) is 1. The molecule has 1 aliphatic carbocycles. The van der Waals surface area contributed by atoms with Crippen LogP contribution in [0.3, 0.4) is 0 Å². The molecule has 0 aliphatic heterocycles. The quantitative estimate of drug-likeness (QED) is 0.406. The summed E-state index contributed by atoms with van der Waals surface area (Å²) in [6.07, 6.45) is 7.34. The number of methoxy groups -OCH3 is 1. The molecule has 4 rings (SSSR count). The van der Waals surface area contributed by atoms with Crippen LogP contribution in [0, 0.1) is 0 Å². The number of fused-ring (bicyclic) bond motifs is 1. The second kappa shape index (κ2) is 8.79. The summed E-state index contributed by atoms with van der Waals surface area (Å²) in [5, 5.41) is 5.13. The molecule has 150 valence electrons. The molecule has 2 aromatic carbocycles. The summed E-state index contributed by atoms with van der Waals surface area (Å²) in [5.74, 6) is 1.76. The van der Waals surface area contributed by atoms with Crippen molar-refractivity contribution in [3.63, 3.8) is 0 Å². The standard InChI is InChI=1S/C22H21Br2N3O2/c1-29-20-10-7-14(11-18(20)24)13-25-27-21(15-5-3-2-4-6-15)26-19-9-8-16(23)12-17(19)22(27)28/h7-13,15H,2-6H2,1H3. The fourth-order valence-corrected chi connectivity index (χ4v) is 4.71. The number of hydrogen-bond donors (Lipinski definition) is 0. The van der Waals surface area contributed by atoms with E-state index < -0.39 is 0 Å². The number of rotatable bonds is 4. The maximum Gasteiger partial charge on any atom is 0.282 e. The second-order valence-electron chi connectivity index (χ2n) is 7.22. The average molecular weight is 519 g/mol. The van der Waals surface area contributed by atoms with Gasteiger partial charge in [-0.05, 0) is 70.7 Å². The van der Waals surface area contributed by atoms with Crippen LogP contribution < -0.4 is 10.3 Å². The van der Waals surface area contributed by atoms with Gasteiger partial charge >= 0.3 is 0 Å². The van der Waals surface area contributed by atoms with Crippen LogP contribution in [-0.4, -0.2) is 23.0 Å². The van der Waals surface area contributed by atoms with Crippen molar-refractivity contribution in [1.82, 2.24) is 9.66 Å². The van der Waals surface area contributed by atoms with Crippen molar-refractivity contribution < 1.29 is 4.74 Å². The van der Waals surface area contributed by atoms with Gasteiger partial charge in [-0.25, -0.2) is 4.98 Å². The van der Waals surface area contributed by atoms with Gasteiger partial charge in [0.25, 0.3) is 5.56 Å². The number of nitrogens with zero attached hydrogens (tertiary/aromatic N) is 3. The molecule has 0 amide bonds. The Kier molecular flexibility index (Phi) is 6.15. The normalized spacial score (nSPS) is 15.3. The first-order chi connectivity index (χ1) is 14.1. The Labute approximate surface area is 186 Å². The predicted molar refractivity (Wildman–Crippen MR) is 123 cm³/mol. The zero-order valence-corrected chi connectivity index (χ0v) is 19.2. The topological polar surface area (TPSA) is 56.5 Å². The summed E-state index contributed by atoms with van der Waals surface area (Å²) in [5.41, 5.74) is 1.45. The van der Waals surface area contributed by atoms with Gasteiger partial charge in [0.15, 0.2) is 0 Å². The van der Waals surface area contributed by atoms with Gasteiger partial charge in [0.05, 0.1) is 28.7 Å². The minimum Gasteiger partial charge on any atom is -0.496 e. The molecule has 3 aromatic rings. The summed E-state index contributed by atoms with van der Waals surface area (Å²) in [4.78, 5) is 18.1. The lowest BCUT2D eigenvalue weighted by molar-refractivity contribution is 0.412. The van der Waals surface area contributed by atoms with Crippen molar-refractivity contribution in [2.24, 2.45) is 5.10 Å². The van der Waals surface area contributed by atoms with E-state index in [2.05, 4.69) is 37.0 Å². The minimum absolute atomic E-state index is 0.138. The van der Waals surface area contributed by atoms with Gasteiger partial charge in [-0.3, -0.25) is 4.79 Å². The van der Waals surface area contributed by atoms with E-state index in [1.807, 2.05) is 36.4 Å². The molecular weight excluding hydrogens is 498 g/mol. The lowest BCUT2D eigenvalue weighted by Gasteiger charge is -2.22. The molecule has 0 atom stereocenters. The Hall–Kier alpha value is -1.99. The Morgan fingerprint density at radius 3 is 2.66 bits per heavy atom. The molecule has 7 heteroatoms. The number of hydrogen-bond acceptors (Lipinski definition) is 4. The fourth-order valence-electron chi connectivity index (χ4n) is 3.79. The highest BCUT2D eigenvalue weighted by atomic mass is 79.9. The molecule has 0 saturated heterocycles. The zero-order valence-electron chi connectivity index (χ0n) is 16.1. The molecule has 1 aromatic heterocycles. The Balaban J connectivity index is 1.83. The largest absolute Gasteiger partial charge is 0.496 e. The fraction of sp³-hybridized carbons (Fsp3) is 0.318. The summed E-state index contributed by atoms with van der Waals surface area (Å²) >= 11 is 6.94. The molecular formula is C22H21Br2N3O2. The summed E-state index contributed by atoms with van der Waals surface area (Å²) in [6.45, 7) is 0. The number of benzene rings is 2. The van der Waals surface area contributed by atoms with Gasteiger partial charge in [-0.15, -0.1) is 0 Å². The number of aromatic nitrogens is 2. The van der Waals surface area contributed by atoms with Gasteiger partial charge < -0.3 is 4.74 Å². The van der Waals surface area contributed by atoms with E-state index >= 15 is 0 Å². The van der Waals surface area contributed by atoms with Gasteiger partial charge in [0, 0.05) is 10.4 Å². The van der Waals surface area contributed by atoms with Crippen molar-refractivity contribution in [3.05, 3.63) is 67.1 Å². The maximum atomic E-state index is 13.3. The summed E-state index contributed by atoms with van der Waals surface area (Å²) in [7, 11) is 1.63. The van der Waals surface area contributed by atoms with Gasteiger partial charge in [0.1, 0.15) is 11.6 Å². The van der Waals surface area contributed by atoms with Crippen LogP contribution in [0.25, 0.3) is 10.9 Å². The highest BCUT2D eigenvalue weighted by molar-refractivity contribution is 9.10.